The Morgan fingerprint density at radius 2 is 2.08 bits per heavy atom. The Morgan fingerprint density at radius 3 is 2.46 bits per heavy atom. The van der Waals surface area contributed by atoms with Gasteiger partial charge in [-0.3, -0.25) is 5.01 Å². The van der Waals surface area contributed by atoms with E-state index in [1.165, 1.54) is 11.9 Å². The van der Waals surface area contributed by atoms with Crippen molar-refractivity contribution in [3.8, 4) is 0 Å². The number of carbonyl (C=O) groups is 1. The van der Waals surface area contributed by atoms with Crippen LogP contribution < -0.4 is 5.43 Å². The van der Waals surface area contributed by atoms with Crippen molar-refractivity contribution < 1.29 is 18.3 Å². The third-order valence-corrected chi connectivity index (χ3v) is 1.19. The van der Waals surface area contributed by atoms with Gasteiger partial charge < -0.3 is 4.74 Å². The summed E-state index contributed by atoms with van der Waals surface area (Å²) in [6, 6.07) is 0. The van der Waals surface area contributed by atoms with E-state index in [4.69, 9.17) is 0 Å². The molecule has 0 aliphatic carbocycles. The first-order chi connectivity index (χ1) is 5.90. The Balaban J connectivity index is 3.98. The molecule has 0 aliphatic heterocycles. The lowest BCUT2D eigenvalue weighted by Crippen LogP contribution is -2.45. The van der Waals surface area contributed by atoms with Gasteiger partial charge in [-0.25, -0.2) is 10.2 Å². The molecule has 0 aromatic carbocycles. The molecule has 0 aromatic heterocycles. The second kappa shape index (κ2) is 5.08. The van der Waals surface area contributed by atoms with Gasteiger partial charge in [0, 0.05) is 14.1 Å². The molecular formula is C7H14F2N2O2. The summed E-state index contributed by atoms with van der Waals surface area (Å²) in [5, 5.41) is 1.34. The predicted molar refractivity (Wildman–Crippen MR) is 43.3 cm³/mol. The zero-order valence-electron chi connectivity index (χ0n) is 7.93. The molecule has 78 valence electrons. The number of hydrogen-bond acceptors (Lipinski definition) is 4. The average molecular weight is 196 g/mol. The summed E-state index contributed by atoms with van der Waals surface area (Å²) < 4.78 is 29.8. The summed E-state index contributed by atoms with van der Waals surface area (Å²) in [4.78, 5) is 10.6. The topological polar surface area (TPSA) is 41.6 Å². The maximum Gasteiger partial charge on any atom is 0.378 e. The van der Waals surface area contributed by atoms with Gasteiger partial charge in [0.05, 0.1) is 13.2 Å². The smallest absolute Gasteiger partial charge is 0.378 e. The highest BCUT2D eigenvalue weighted by molar-refractivity contribution is 5.77. The molecule has 0 aliphatic rings. The van der Waals surface area contributed by atoms with Gasteiger partial charge in [0.1, 0.15) is 0 Å². The largest absolute Gasteiger partial charge is 0.462 e. The fourth-order valence-corrected chi connectivity index (χ4v) is 0.566. The van der Waals surface area contributed by atoms with Crippen molar-refractivity contribution in [1.82, 2.24) is 10.4 Å². The minimum Gasteiger partial charge on any atom is -0.462 e. The summed E-state index contributed by atoms with van der Waals surface area (Å²) in [5.74, 6) is -4.97. The van der Waals surface area contributed by atoms with Gasteiger partial charge in [0.25, 0.3) is 0 Å². The fourth-order valence-electron chi connectivity index (χ4n) is 0.566. The summed E-state index contributed by atoms with van der Waals surface area (Å²) in [7, 11) is 3.11. The quantitative estimate of drug-likeness (QED) is 0.505. The first-order valence-corrected chi connectivity index (χ1v) is 3.86. The van der Waals surface area contributed by atoms with E-state index >= 15 is 0 Å². The molecule has 6 heteroatoms. The van der Waals surface area contributed by atoms with Crippen molar-refractivity contribution >= 4 is 5.97 Å². The molecule has 0 heterocycles. The zero-order valence-corrected chi connectivity index (χ0v) is 7.93. The summed E-state index contributed by atoms with van der Waals surface area (Å²) in [6.07, 6.45) is 0. The van der Waals surface area contributed by atoms with Crippen molar-refractivity contribution in [2.24, 2.45) is 0 Å². The van der Waals surface area contributed by atoms with E-state index in [0.29, 0.717) is 0 Å². The predicted octanol–water partition coefficient (Wildman–Crippen LogP) is 0.251. The molecular weight excluding hydrogens is 182 g/mol. The fraction of sp³-hybridized carbons (Fsp3) is 0.857. The Kier molecular flexibility index (Phi) is 4.79. The van der Waals surface area contributed by atoms with Gasteiger partial charge in [-0.1, -0.05) is 0 Å². The molecule has 0 rings (SSSR count). The zero-order chi connectivity index (χ0) is 10.5. The first-order valence-electron chi connectivity index (χ1n) is 3.86. The summed E-state index contributed by atoms with van der Waals surface area (Å²) in [5.41, 5.74) is 2.31. The van der Waals surface area contributed by atoms with E-state index in [1.54, 1.807) is 14.1 Å². The van der Waals surface area contributed by atoms with Crippen LogP contribution in [0.3, 0.4) is 0 Å². The molecule has 4 nitrogen and oxygen atoms in total. The minimum atomic E-state index is -3.47. The van der Waals surface area contributed by atoms with Gasteiger partial charge >= 0.3 is 11.9 Å². The highest BCUT2D eigenvalue weighted by Gasteiger charge is 2.40. The second-order valence-electron chi connectivity index (χ2n) is 2.65. The van der Waals surface area contributed by atoms with Gasteiger partial charge in [-0.05, 0) is 6.92 Å². The maximum absolute atomic E-state index is 12.8. The van der Waals surface area contributed by atoms with Crippen LogP contribution in [0.5, 0.6) is 0 Å². The Labute approximate surface area is 75.8 Å². The van der Waals surface area contributed by atoms with Gasteiger partial charge in [0.2, 0.25) is 0 Å². The van der Waals surface area contributed by atoms with Gasteiger partial charge in [-0.2, -0.15) is 8.78 Å². The number of carbonyl (C=O) groups excluding carboxylic acids is 1. The van der Waals surface area contributed by atoms with E-state index in [0.717, 1.165) is 0 Å². The Hall–Kier alpha value is -0.750. The SMILES string of the molecule is CCOC(=O)C(F)(F)CNN(C)C. The van der Waals surface area contributed by atoms with Crippen molar-refractivity contribution in [1.29, 1.82) is 0 Å². The van der Waals surface area contributed by atoms with Crippen LogP contribution in [0.2, 0.25) is 0 Å². The Morgan fingerprint density at radius 1 is 1.54 bits per heavy atom. The maximum atomic E-state index is 12.8. The van der Waals surface area contributed by atoms with Crippen LogP contribution in [-0.4, -0.2) is 44.1 Å². The van der Waals surface area contributed by atoms with Crippen LogP contribution in [0.15, 0.2) is 0 Å². The molecule has 1 N–H and O–H groups in total. The van der Waals surface area contributed by atoms with Crippen LogP contribution in [0.1, 0.15) is 6.92 Å². The number of nitrogens with one attached hydrogen (secondary N) is 1. The van der Waals surface area contributed by atoms with Crippen molar-refractivity contribution in [2.45, 2.75) is 12.8 Å². The number of esters is 1. The Bertz CT molecular complexity index is 174. The lowest BCUT2D eigenvalue weighted by atomic mass is 10.3. The summed E-state index contributed by atoms with van der Waals surface area (Å²) >= 11 is 0. The molecule has 0 spiro atoms. The van der Waals surface area contributed by atoms with E-state index in [9.17, 15) is 13.6 Å². The van der Waals surface area contributed by atoms with E-state index in [-0.39, 0.29) is 6.61 Å². The molecule has 0 unspecified atom stereocenters. The van der Waals surface area contributed by atoms with Crippen LogP contribution in [-0.2, 0) is 9.53 Å². The highest BCUT2D eigenvalue weighted by Crippen LogP contribution is 2.13. The molecule has 0 saturated carbocycles. The number of hydrogen-bond donors (Lipinski definition) is 1. The van der Waals surface area contributed by atoms with Crippen LogP contribution in [0.25, 0.3) is 0 Å². The number of hydrazine groups is 1. The monoisotopic (exact) mass is 196 g/mol. The van der Waals surface area contributed by atoms with Crippen molar-refractivity contribution in [3.63, 3.8) is 0 Å². The first kappa shape index (κ1) is 12.2. The molecule has 0 amide bonds. The lowest BCUT2D eigenvalue weighted by Gasteiger charge is -2.18. The molecule has 0 aromatic rings. The van der Waals surface area contributed by atoms with Gasteiger partial charge in [0.15, 0.2) is 0 Å². The molecule has 0 radical (unpaired) electrons. The molecule has 0 saturated heterocycles. The van der Waals surface area contributed by atoms with E-state index in [1.807, 2.05) is 0 Å². The standard InChI is InChI=1S/C7H14F2N2O2/c1-4-13-6(12)7(8,9)5-10-11(2)3/h10H,4-5H2,1-3H3. The second-order valence-corrected chi connectivity index (χ2v) is 2.65. The van der Waals surface area contributed by atoms with Crippen LogP contribution in [0.4, 0.5) is 8.78 Å². The third kappa shape index (κ3) is 4.74. The number of alkyl halides is 2. The molecule has 0 bridgehead atoms. The number of halogens is 2. The molecule has 0 atom stereocenters. The number of nitrogens with zero attached hydrogens (tertiary/aromatic N) is 1. The molecule has 0 fully saturated rings. The van der Waals surface area contributed by atoms with Gasteiger partial charge in [-0.15, -0.1) is 0 Å². The summed E-state index contributed by atoms with van der Waals surface area (Å²) in [6.45, 7) is 0.683. The van der Waals surface area contributed by atoms with Crippen LogP contribution >= 0.6 is 0 Å². The van der Waals surface area contributed by atoms with E-state index in [2.05, 4.69) is 10.2 Å². The number of rotatable bonds is 5. The van der Waals surface area contributed by atoms with E-state index < -0.39 is 18.4 Å². The number of ether oxygens (including phenoxy) is 1. The lowest BCUT2D eigenvalue weighted by molar-refractivity contribution is -0.171. The van der Waals surface area contributed by atoms with Crippen molar-refractivity contribution in [2.75, 3.05) is 27.2 Å². The normalized spacial score (nSPS) is 11.8. The van der Waals surface area contributed by atoms with Crippen molar-refractivity contribution in [3.05, 3.63) is 0 Å². The van der Waals surface area contributed by atoms with Crippen LogP contribution in [0, 0.1) is 0 Å². The highest BCUT2D eigenvalue weighted by atomic mass is 19.3. The third-order valence-electron chi connectivity index (χ3n) is 1.19. The molecule has 13 heavy (non-hydrogen) atoms. The average Bonchev–Trinajstić information content (AvgIpc) is 2.01. The minimum absolute atomic E-state index is 0.0453.